The summed E-state index contributed by atoms with van der Waals surface area (Å²) < 4.78 is 3.77. The Morgan fingerprint density at radius 2 is 2.04 bits per heavy atom. The van der Waals surface area contributed by atoms with Crippen LogP contribution in [-0.4, -0.2) is 21.1 Å². The summed E-state index contributed by atoms with van der Waals surface area (Å²) in [5.74, 6) is 0.862. The van der Waals surface area contributed by atoms with E-state index in [-0.39, 0.29) is 5.41 Å². The van der Waals surface area contributed by atoms with E-state index in [1.807, 2.05) is 12.3 Å². The number of nitrogens with one attached hydrogen (secondary N) is 1. The Balaban J connectivity index is 1.68. The minimum Gasteiger partial charge on any atom is -0.369 e. The molecule has 120 valence electrons. The van der Waals surface area contributed by atoms with Gasteiger partial charge in [0.05, 0.1) is 10.7 Å². The number of aromatic nitrogens is 3. The predicted molar refractivity (Wildman–Crippen MR) is 101 cm³/mol. The molecule has 0 amide bonds. The van der Waals surface area contributed by atoms with Gasteiger partial charge in [0.2, 0.25) is 0 Å². The van der Waals surface area contributed by atoms with Crippen LogP contribution < -0.4 is 5.32 Å². The van der Waals surface area contributed by atoms with Gasteiger partial charge in [-0.1, -0.05) is 41.9 Å². The first-order valence-electron chi connectivity index (χ1n) is 7.41. The molecule has 0 bridgehead atoms. The average molecular weight is 438 g/mol. The van der Waals surface area contributed by atoms with E-state index < -0.39 is 0 Å². The zero-order chi connectivity index (χ0) is 16.4. The highest BCUT2D eigenvalue weighted by molar-refractivity contribution is 9.10. The van der Waals surface area contributed by atoms with Gasteiger partial charge in [-0.05, 0) is 51.5 Å². The van der Waals surface area contributed by atoms with Crippen molar-refractivity contribution in [3.63, 3.8) is 0 Å². The van der Waals surface area contributed by atoms with Gasteiger partial charge in [0, 0.05) is 17.2 Å². The van der Waals surface area contributed by atoms with Crippen molar-refractivity contribution in [3.8, 4) is 0 Å². The Hall–Kier alpha value is -1.40. The van der Waals surface area contributed by atoms with Gasteiger partial charge >= 0.3 is 0 Å². The summed E-state index contributed by atoms with van der Waals surface area (Å²) in [5, 5.41) is 7.65. The molecule has 4 nitrogen and oxygen atoms in total. The summed E-state index contributed by atoms with van der Waals surface area (Å²) in [6.45, 7) is 5.36. The third-order valence-corrected chi connectivity index (χ3v) is 4.70. The van der Waals surface area contributed by atoms with Crippen molar-refractivity contribution in [1.82, 2.24) is 14.6 Å². The highest BCUT2D eigenvalue weighted by Gasteiger charge is 2.19. The topological polar surface area (TPSA) is 42.2 Å². The van der Waals surface area contributed by atoms with Crippen LogP contribution in [0.25, 0.3) is 5.65 Å². The van der Waals surface area contributed by atoms with Gasteiger partial charge in [-0.25, -0.2) is 9.50 Å². The van der Waals surface area contributed by atoms with Crippen LogP contribution in [0, 0.1) is 5.41 Å². The van der Waals surface area contributed by atoms with Gasteiger partial charge in [0.15, 0.2) is 5.65 Å². The van der Waals surface area contributed by atoms with Crippen LogP contribution in [0.5, 0.6) is 0 Å². The predicted octanol–water partition coefficient (Wildman–Crippen LogP) is 4.94. The second-order valence-electron chi connectivity index (χ2n) is 6.40. The molecule has 0 aliphatic heterocycles. The molecule has 3 rings (SSSR count). The van der Waals surface area contributed by atoms with Gasteiger partial charge in [0.25, 0.3) is 0 Å². The second-order valence-corrected chi connectivity index (χ2v) is 8.17. The first-order chi connectivity index (χ1) is 10.9. The number of nitrogens with zero attached hydrogens (tertiary/aromatic N) is 3. The third kappa shape index (κ3) is 4.12. The minimum absolute atomic E-state index is 0.117. The molecule has 0 saturated heterocycles. The van der Waals surface area contributed by atoms with Gasteiger partial charge in [-0.15, -0.1) is 0 Å². The Bertz CT molecular complexity index is 826. The largest absolute Gasteiger partial charge is 0.369 e. The Morgan fingerprint density at radius 1 is 1.22 bits per heavy atom. The number of hydrogen-bond acceptors (Lipinski definition) is 3. The summed E-state index contributed by atoms with van der Waals surface area (Å²) in [6, 6.07) is 10.4. The molecular weight excluding hydrogens is 420 g/mol. The van der Waals surface area contributed by atoms with E-state index in [0.717, 1.165) is 33.4 Å². The van der Waals surface area contributed by atoms with E-state index in [0.29, 0.717) is 0 Å². The highest BCUT2D eigenvalue weighted by Crippen LogP contribution is 2.24. The number of hydrogen-bond donors (Lipinski definition) is 1. The van der Waals surface area contributed by atoms with Crippen molar-refractivity contribution in [3.05, 3.63) is 57.2 Å². The zero-order valence-corrected chi connectivity index (χ0v) is 16.2. The van der Waals surface area contributed by atoms with E-state index in [1.54, 1.807) is 10.7 Å². The molecule has 0 aliphatic carbocycles. The molecule has 2 aromatic heterocycles. The third-order valence-electron chi connectivity index (χ3n) is 3.65. The van der Waals surface area contributed by atoms with E-state index in [1.165, 1.54) is 5.56 Å². The van der Waals surface area contributed by atoms with Crippen molar-refractivity contribution in [2.24, 2.45) is 5.41 Å². The van der Waals surface area contributed by atoms with E-state index in [9.17, 15) is 0 Å². The number of halogens is 2. The Morgan fingerprint density at radius 3 is 2.83 bits per heavy atom. The summed E-state index contributed by atoms with van der Waals surface area (Å²) in [6.07, 6.45) is 4.66. The fraction of sp³-hybridized carbons (Fsp3) is 0.294. The normalized spacial score (nSPS) is 11.8. The van der Waals surface area contributed by atoms with Gasteiger partial charge < -0.3 is 5.32 Å². The number of fused-ring (bicyclic) bond motifs is 1. The molecule has 0 unspecified atom stereocenters. The maximum atomic E-state index is 4.59. The van der Waals surface area contributed by atoms with Gasteiger partial charge in [0.1, 0.15) is 5.82 Å². The van der Waals surface area contributed by atoms with Crippen molar-refractivity contribution >= 4 is 43.3 Å². The van der Waals surface area contributed by atoms with E-state index in [4.69, 9.17) is 0 Å². The van der Waals surface area contributed by atoms with Crippen molar-refractivity contribution in [2.75, 3.05) is 11.9 Å². The molecular formula is C17H18Br2N4. The summed E-state index contributed by atoms with van der Waals surface area (Å²) in [4.78, 5) is 4.59. The molecule has 6 heteroatoms. The van der Waals surface area contributed by atoms with Crippen LogP contribution in [0.15, 0.2) is 51.7 Å². The summed E-state index contributed by atoms with van der Waals surface area (Å²) >= 11 is 7.00. The molecule has 0 aliphatic rings. The molecule has 0 fully saturated rings. The maximum Gasteiger partial charge on any atom is 0.171 e. The van der Waals surface area contributed by atoms with Crippen LogP contribution in [0.3, 0.4) is 0 Å². The second kappa shape index (κ2) is 6.61. The highest BCUT2D eigenvalue weighted by atomic mass is 79.9. The van der Waals surface area contributed by atoms with Crippen LogP contribution in [-0.2, 0) is 6.42 Å². The SMILES string of the molecule is CC(C)(CNc1ccn2ncc(Br)c2n1)Cc1cccc(Br)c1. The number of rotatable bonds is 5. The Kier molecular flexibility index (Phi) is 4.73. The fourth-order valence-corrected chi connectivity index (χ4v) is 3.34. The fourth-order valence-electron chi connectivity index (χ4n) is 2.53. The van der Waals surface area contributed by atoms with E-state index >= 15 is 0 Å². The first kappa shape index (κ1) is 16.5. The lowest BCUT2D eigenvalue weighted by Crippen LogP contribution is -2.26. The first-order valence-corrected chi connectivity index (χ1v) is 9.00. The lowest BCUT2D eigenvalue weighted by atomic mass is 9.85. The average Bonchev–Trinajstić information content (AvgIpc) is 2.86. The van der Waals surface area contributed by atoms with Crippen molar-refractivity contribution < 1.29 is 0 Å². The van der Waals surface area contributed by atoms with Crippen LogP contribution >= 0.6 is 31.9 Å². The van der Waals surface area contributed by atoms with Crippen molar-refractivity contribution in [2.45, 2.75) is 20.3 Å². The standard InChI is InChI=1S/C17H18Br2N4/c1-17(2,9-12-4-3-5-13(18)8-12)11-20-15-6-7-23-16(22-15)14(19)10-21-23/h3-8,10H,9,11H2,1-2H3,(H,20,22). The lowest BCUT2D eigenvalue weighted by molar-refractivity contribution is 0.389. The molecule has 0 spiro atoms. The summed E-state index contributed by atoms with van der Waals surface area (Å²) in [5.41, 5.74) is 2.26. The van der Waals surface area contributed by atoms with Crippen LogP contribution in [0.4, 0.5) is 5.82 Å². The molecule has 3 aromatic rings. The molecule has 0 atom stereocenters. The minimum atomic E-state index is 0.117. The van der Waals surface area contributed by atoms with Crippen LogP contribution in [0.1, 0.15) is 19.4 Å². The van der Waals surface area contributed by atoms with Crippen LogP contribution in [0.2, 0.25) is 0 Å². The monoisotopic (exact) mass is 436 g/mol. The smallest absolute Gasteiger partial charge is 0.171 e. The number of anilines is 1. The lowest BCUT2D eigenvalue weighted by Gasteiger charge is -2.25. The van der Waals surface area contributed by atoms with Gasteiger partial charge in [-0.3, -0.25) is 0 Å². The molecule has 0 saturated carbocycles. The summed E-state index contributed by atoms with van der Waals surface area (Å²) in [7, 11) is 0. The molecule has 23 heavy (non-hydrogen) atoms. The zero-order valence-electron chi connectivity index (χ0n) is 13.1. The quantitative estimate of drug-likeness (QED) is 0.614. The molecule has 0 radical (unpaired) electrons. The van der Waals surface area contributed by atoms with Gasteiger partial charge in [-0.2, -0.15) is 5.10 Å². The molecule has 1 aromatic carbocycles. The molecule has 1 N–H and O–H groups in total. The maximum absolute atomic E-state index is 4.59. The van der Waals surface area contributed by atoms with E-state index in [2.05, 4.69) is 85.4 Å². The Labute approximate surface area is 152 Å². The number of benzene rings is 1. The van der Waals surface area contributed by atoms with Crippen molar-refractivity contribution in [1.29, 1.82) is 0 Å². The molecule has 2 heterocycles.